The fourth-order valence-electron chi connectivity index (χ4n) is 7.95. The Hall–Kier alpha value is -4.59. The Bertz CT molecular complexity index is 1710. The number of hydrogen-bond acceptors (Lipinski definition) is 9. The highest BCUT2D eigenvalue weighted by Gasteiger charge is 2.39. The molecule has 50 heavy (non-hydrogen) atoms. The maximum atomic E-state index is 13.6. The van der Waals surface area contributed by atoms with E-state index in [0.29, 0.717) is 13.1 Å². The van der Waals surface area contributed by atoms with Gasteiger partial charge in [0.05, 0.1) is 37.6 Å². The van der Waals surface area contributed by atoms with E-state index in [0.717, 1.165) is 75.1 Å². The molecular formula is C36H50N10O4. The molecule has 0 radical (unpaired) electrons. The van der Waals surface area contributed by atoms with Crippen molar-refractivity contribution in [2.24, 2.45) is 17.6 Å². The summed E-state index contributed by atoms with van der Waals surface area (Å²) in [6.07, 6.45) is 6.68. The molecule has 0 saturated carbocycles. The number of amides is 3. The predicted molar refractivity (Wildman–Crippen MR) is 188 cm³/mol. The monoisotopic (exact) mass is 686 g/mol. The summed E-state index contributed by atoms with van der Waals surface area (Å²) in [7, 11) is 1.30. The van der Waals surface area contributed by atoms with Crippen LogP contribution in [0.3, 0.4) is 0 Å². The van der Waals surface area contributed by atoms with Crippen molar-refractivity contribution in [3.05, 3.63) is 58.4 Å². The second-order valence-electron chi connectivity index (χ2n) is 14.9. The van der Waals surface area contributed by atoms with Crippen LogP contribution in [-0.4, -0.2) is 79.9 Å². The van der Waals surface area contributed by atoms with Gasteiger partial charge in [-0.15, -0.1) is 0 Å². The number of anilines is 2. The number of aromatic amines is 2. The van der Waals surface area contributed by atoms with Crippen LogP contribution in [0.1, 0.15) is 99.4 Å². The molecule has 0 spiro atoms. The van der Waals surface area contributed by atoms with Crippen molar-refractivity contribution in [3.63, 3.8) is 0 Å². The number of nitrogens with two attached hydrogens (primary N) is 1. The molecule has 3 aromatic rings. The lowest BCUT2D eigenvalue weighted by Gasteiger charge is -2.30. The molecule has 4 atom stereocenters. The summed E-state index contributed by atoms with van der Waals surface area (Å²) in [5.41, 5.74) is 11.5. The van der Waals surface area contributed by atoms with Crippen molar-refractivity contribution in [1.82, 2.24) is 35.1 Å². The molecule has 268 valence electrons. The van der Waals surface area contributed by atoms with Crippen LogP contribution in [0.5, 0.6) is 0 Å². The summed E-state index contributed by atoms with van der Waals surface area (Å²) in [5.74, 6) is 3.40. The first-order valence-corrected chi connectivity index (χ1v) is 18.0. The van der Waals surface area contributed by atoms with Gasteiger partial charge in [-0.1, -0.05) is 39.8 Å². The molecule has 0 aliphatic carbocycles. The molecule has 6 heterocycles. The van der Waals surface area contributed by atoms with Crippen LogP contribution in [0.25, 0.3) is 0 Å². The second-order valence-corrected chi connectivity index (χ2v) is 14.9. The Morgan fingerprint density at radius 3 is 1.66 bits per heavy atom. The van der Waals surface area contributed by atoms with Crippen molar-refractivity contribution in [2.75, 3.05) is 30.0 Å². The van der Waals surface area contributed by atoms with E-state index >= 15 is 0 Å². The number of ether oxygens (including phenoxy) is 1. The number of nitrogens with zero attached hydrogens (tertiary/aromatic N) is 6. The second kappa shape index (κ2) is 13.6. The molecule has 2 saturated heterocycles. The molecule has 4 aliphatic heterocycles. The lowest BCUT2D eigenvalue weighted by atomic mass is 10.0. The number of hydrogen-bond donors (Lipinski definition) is 4. The molecule has 5 N–H and O–H groups in total. The van der Waals surface area contributed by atoms with E-state index in [2.05, 4.69) is 37.2 Å². The van der Waals surface area contributed by atoms with Gasteiger partial charge in [0.1, 0.15) is 29.3 Å². The number of likely N-dealkylation sites (tertiary alicyclic amines) is 2. The van der Waals surface area contributed by atoms with Gasteiger partial charge in [0.15, 0.2) is 0 Å². The third kappa shape index (κ3) is 6.29. The van der Waals surface area contributed by atoms with Gasteiger partial charge in [-0.2, -0.15) is 0 Å². The van der Waals surface area contributed by atoms with Gasteiger partial charge in [0, 0.05) is 39.3 Å². The van der Waals surface area contributed by atoms with E-state index in [1.165, 1.54) is 29.4 Å². The topological polar surface area (TPSA) is 169 Å². The Balaban J connectivity index is 0.992. The third-order valence-corrected chi connectivity index (χ3v) is 10.9. The SMILES string of the molecule is COC(=O)NC(C(=O)N1CCCC1c1ncc(N2Cc3cc4c(cc3C2)CN(c2cnc(C3CCCN3C(=O)[C@@H](N)C(C)C)[nH]2)C4)[nH]1)C(C)C. The Labute approximate surface area is 293 Å². The number of rotatable bonds is 9. The molecule has 14 heteroatoms. The highest BCUT2D eigenvalue weighted by atomic mass is 16.5. The fourth-order valence-corrected chi connectivity index (χ4v) is 7.95. The summed E-state index contributed by atoms with van der Waals surface area (Å²) < 4.78 is 4.77. The quantitative estimate of drug-likeness (QED) is 0.261. The van der Waals surface area contributed by atoms with Crippen LogP contribution < -0.4 is 20.9 Å². The molecule has 3 amide bonds. The minimum absolute atomic E-state index is 0.00402. The molecule has 14 nitrogen and oxygen atoms in total. The first-order chi connectivity index (χ1) is 24.0. The summed E-state index contributed by atoms with van der Waals surface area (Å²) in [6, 6.07) is 3.27. The number of carbonyl (C=O) groups excluding carboxylic acids is 3. The van der Waals surface area contributed by atoms with Crippen molar-refractivity contribution in [1.29, 1.82) is 0 Å². The standard InChI is InChI=1S/C36H50N10O4/c1-20(2)30(37)34(47)45-10-6-8-26(45)32-38-14-28(40-32)43-16-22-12-24-18-44(19-25(24)13-23(22)17-43)29-15-39-33(41-29)27-9-7-11-46(27)35(48)31(21(3)4)42-36(49)50-5/h12-15,20-21,26-27,30-31H,6-11,16-19,37H2,1-5H3,(H,38,40)(H,39,41)(H,42,49)/t26?,27?,30-,31?/m0/s1. The zero-order valence-corrected chi connectivity index (χ0v) is 29.7. The first-order valence-electron chi connectivity index (χ1n) is 18.0. The van der Waals surface area contributed by atoms with Gasteiger partial charge in [0.25, 0.3) is 0 Å². The van der Waals surface area contributed by atoms with Crippen LogP contribution >= 0.6 is 0 Å². The highest BCUT2D eigenvalue weighted by molar-refractivity contribution is 5.86. The number of fused-ring (bicyclic) bond motifs is 2. The van der Waals surface area contributed by atoms with E-state index in [1.54, 1.807) is 0 Å². The maximum absolute atomic E-state index is 13.6. The van der Waals surface area contributed by atoms with E-state index in [1.807, 2.05) is 49.9 Å². The summed E-state index contributed by atoms with van der Waals surface area (Å²) in [6.45, 7) is 12.3. The largest absolute Gasteiger partial charge is 0.453 e. The average Bonchev–Trinajstić information content (AvgIpc) is 3.94. The minimum atomic E-state index is -0.666. The van der Waals surface area contributed by atoms with Gasteiger partial charge in [-0.25, -0.2) is 14.8 Å². The molecule has 2 aromatic heterocycles. The fraction of sp³-hybridized carbons (Fsp3) is 0.583. The van der Waals surface area contributed by atoms with Crippen molar-refractivity contribution < 1.29 is 19.1 Å². The summed E-state index contributed by atoms with van der Waals surface area (Å²) in [4.78, 5) is 63.5. The van der Waals surface area contributed by atoms with Gasteiger partial charge in [-0.05, 0) is 59.8 Å². The van der Waals surface area contributed by atoms with Gasteiger partial charge in [-0.3, -0.25) is 9.59 Å². The summed E-state index contributed by atoms with van der Waals surface area (Å²) >= 11 is 0. The lowest BCUT2D eigenvalue weighted by Crippen LogP contribution is -2.51. The van der Waals surface area contributed by atoms with Crippen LogP contribution in [0.15, 0.2) is 24.5 Å². The van der Waals surface area contributed by atoms with E-state index < -0.39 is 18.2 Å². The Kier molecular flexibility index (Phi) is 9.22. The zero-order valence-electron chi connectivity index (χ0n) is 29.7. The van der Waals surface area contributed by atoms with Crippen molar-refractivity contribution in [2.45, 2.75) is 104 Å². The van der Waals surface area contributed by atoms with Crippen LogP contribution in [0.2, 0.25) is 0 Å². The molecule has 0 bridgehead atoms. The molecule has 7 rings (SSSR count). The molecule has 4 aliphatic rings. The van der Waals surface area contributed by atoms with Gasteiger partial charge >= 0.3 is 6.09 Å². The smallest absolute Gasteiger partial charge is 0.407 e. The van der Waals surface area contributed by atoms with E-state index in [4.69, 9.17) is 20.4 Å². The van der Waals surface area contributed by atoms with E-state index in [-0.39, 0.29) is 35.7 Å². The lowest BCUT2D eigenvalue weighted by molar-refractivity contribution is -0.136. The molecular weight excluding hydrogens is 636 g/mol. The average molecular weight is 687 g/mol. The van der Waals surface area contributed by atoms with Gasteiger partial charge in [0.2, 0.25) is 11.8 Å². The van der Waals surface area contributed by atoms with Crippen LogP contribution in [0, 0.1) is 11.8 Å². The van der Waals surface area contributed by atoms with Crippen LogP contribution in [-0.2, 0) is 40.5 Å². The molecule has 1 aromatic carbocycles. The van der Waals surface area contributed by atoms with Crippen molar-refractivity contribution in [3.8, 4) is 0 Å². The molecule has 2 fully saturated rings. The summed E-state index contributed by atoms with van der Waals surface area (Å²) in [5, 5.41) is 2.71. The Morgan fingerprint density at radius 1 is 0.780 bits per heavy atom. The first kappa shape index (κ1) is 33.9. The van der Waals surface area contributed by atoms with Gasteiger partial charge < -0.3 is 45.4 Å². The number of methoxy groups -OCH3 is 1. The Morgan fingerprint density at radius 2 is 1.24 bits per heavy atom. The predicted octanol–water partition coefficient (Wildman–Crippen LogP) is 3.86. The maximum Gasteiger partial charge on any atom is 0.407 e. The number of imidazole rings is 2. The number of alkyl carbamates (subject to hydrolysis) is 1. The third-order valence-electron chi connectivity index (χ3n) is 10.9. The van der Waals surface area contributed by atoms with E-state index in [9.17, 15) is 14.4 Å². The minimum Gasteiger partial charge on any atom is -0.453 e. The number of carbonyl (C=O) groups is 3. The number of H-pyrrole nitrogens is 2. The van der Waals surface area contributed by atoms with Crippen molar-refractivity contribution >= 4 is 29.5 Å². The number of benzene rings is 1. The normalized spacial score (nSPS) is 21.3. The van der Waals surface area contributed by atoms with Crippen LogP contribution in [0.4, 0.5) is 16.4 Å². The highest BCUT2D eigenvalue weighted by Crippen LogP contribution is 2.38. The molecule has 3 unspecified atom stereocenters. The number of aromatic nitrogens is 4. The number of nitrogens with one attached hydrogen (secondary N) is 3. The zero-order chi connectivity index (χ0) is 35.3.